The van der Waals surface area contributed by atoms with Gasteiger partial charge in [-0.05, 0) is 26.5 Å². The quantitative estimate of drug-likeness (QED) is 0.879. The number of benzene rings is 1. The molecule has 0 aliphatic carbocycles. The van der Waals surface area contributed by atoms with E-state index in [0.29, 0.717) is 23.4 Å². The van der Waals surface area contributed by atoms with Gasteiger partial charge >= 0.3 is 0 Å². The number of rotatable bonds is 5. The summed E-state index contributed by atoms with van der Waals surface area (Å²) in [7, 11) is 3.55. The Balaban J connectivity index is 2.94. The van der Waals surface area contributed by atoms with Crippen molar-refractivity contribution in [3.8, 4) is 11.5 Å². The predicted octanol–water partition coefficient (Wildman–Crippen LogP) is 3.28. The number of hydrogen-bond donors (Lipinski definition) is 1. The zero-order valence-corrected chi connectivity index (χ0v) is 11.6. The maximum Gasteiger partial charge on any atom is 0.162 e. The minimum Gasteiger partial charge on any atom is -0.504 e. The van der Waals surface area contributed by atoms with Crippen molar-refractivity contribution in [3.63, 3.8) is 0 Å². The largest absolute Gasteiger partial charge is 0.504 e. The number of halogens is 1. The van der Waals surface area contributed by atoms with E-state index < -0.39 is 0 Å². The van der Waals surface area contributed by atoms with E-state index in [9.17, 15) is 5.11 Å². The molecule has 96 valence electrons. The molecule has 0 aliphatic rings. The number of ether oxygens (including phenoxy) is 1. The maximum atomic E-state index is 10.0. The first-order chi connectivity index (χ1) is 7.99. The van der Waals surface area contributed by atoms with Crippen molar-refractivity contribution in [2.24, 2.45) is 0 Å². The Morgan fingerprint density at radius 3 is 2.65 bits per heavy atom. The average molecular weight is 258 g/mol. The fourth-order valence-corrected chi connectivity index (χ4v) is 1.87. The minimum atomic E-state index is 0.173. The Kier molecular flexibility index (Phi) is 5.09. The van der Waals surface area contributed by atoms with Crippen LogP contribution < -0.4 is 4.74 Å². The summed E-state index contributed by atoms with van der Waals surface area (Å²) in [5.74, 6) is 0.595. The lowest BCUT2D eigenvalue weighted by Crippen LogP contribution is -2.27. The molecule has 1 unspecified atom stereocenters. The molecule has 0 saturated carbocycles. The van der Waals surface area contributed by atoms with E-state index in [-0.39, 0.29) is 5.75 Å². The van der Waals surface area contributed by atoms with Gasteiger partial charge < -0.3 is 9.84 Å². The van der Waals surface area contributed by atoms with Crippen LogP contribution in [0.1, 0.15) is 25.8 Å². The molecule has 0 bridgehead atoms. The first-order valence-corrected chi connectivity index (χ1v) is 6.13. The van der Waals surface area contributed by atoms with Crippen molar-refractivity contribution in [3.05, 3.63) is 22.7 Å². The monoisotopic (exact) mass is 257 g/mol. The molecule has 0 amide bonds. The second kappa shape index (κ2) is 6.12. The molecule has 17 heavy (non-hydrogen) atoms. The van der Waals surface area contributed by atoms with Crippen LogP contribution in [-0.4, -0.2) is 30.2 Å². The van der Waals surface area contributed by atoms with Crippen molar-refractivity contribution >= 4 is 11.6 Å². The first-order valence-electron chi connectivity index (χ1n) is 5.75. The fraction of sp³-hybridized carbons (Fsp3) is 0.538. The topological polar surface area (TPSA) is 32.7 Å². The lowest BCUT2D eigenvalue weighted by atomic mass is 10.1. The molecule has 0 radical (unpaired) electrons. The van der Waals surface area contributed by atoms with Crippen LogP contribution in [0.5, 0.6) is 11.5 Å². The van der Waals surface area contributed by atoms with Gasteiger partial charge in [-0.1, -0.05) is 18.5 Å². The van der Waals surface area contributed by atoms with Gasteiger partial charge in [-0.15, -0.1) is 0 Å². The average Bonchev–Trinajstić information content (AvgIpc) is 2.31. The minimum absolute atomic E-state index is 0.173. The molecule has 1 rings (SSSR count). The van der Waals surface area contributed by atoms with Gasteiger partial charge in [0.1, 0.15) is 0 Å². The molecule has 1 aromatic carbocycles. The van der Waals surface area contributed by atoms with E-state index in [1.165, 1.54) is 7.11 Å². The molecule has 0 heterocycles. The van der Waals surface area contributed by atoms with Gasteiger partial charge in [0.2, 0.25) is 0 Å². The van der Waals surface area contributed by atoms with Crippen LogP contribution in [0.4, 0.5) is 0 Å². The van der Waals surface area contributed by atoms with Crippen LogP contribution in [0.25, 0.3) is 0 Å². The van der Waals surface area contributed by atoms with Gasteiger partial charge in [0.05, 0.1) is 7.11 Å². The van der Waals surface area contributed by atoms with Gasteiger partial charge in [0.25, 0.3) is 0 Å². The molecule has 0 fully saturated rings. The standard InChI is InChI=1S/C13H20ClNO2/c1-5-9(2)15(3)8-10-6-11(14)7-12(17-4)13(10)16/h6-7,9,16H,5,8H2,1-4H3. The fourth-order valence-electron chi connectivity index (χ4n) is 1.64. The van der Waals surface area contributed by atoms with Crippen LogP contribution >= 0.6 is 11.6 Å². The molecule has 1 aromatic rings. The van der Waals surface area contributed by atoms with Gasteiger partial charge in [0, 0.05) is 29.2 Å². The normalized spacial score (nSPS) is 12.8. The van der Waals surface area contributed by atoms with Crippen LogP contribution in [0, 0.1) is 0 Å². The van der Waals surface area contributed by atoms with E-state index in [1.54, 1.807) is 12.1 Å². The van der Waals surface area contributed by atoms with E-state index >= 15 is 0 Å². The van der Waals surface area contributed by atoms with Gasteiger partial charge in [-0.2, -0.15) is 0 Å². The highest BCUT2D eigenvalue weighted by atomic mass is 35.5. The number of nitrogens with zero attached hydrogens (tertiary/aromatic N) is 1. The molecule has 0 spiro atoms. The highest BCUT2D eigenvalue weighted by Crippen LogP contribution is 2.34. The van der Waals surface area contributed by atoms with Crippen molar-refractivity contribution in [1.82, 2.24) is 4.90 Å². The predicted molar refractivity (Wildman–Crippen MR) is 70.9 cm³/mol. The van der Waals surface area contributed by atoms with E-state index in [2.05, 4.69) is 18.7 Å². The highest BCUT2D eigenvalue weighted by Gasteiger charge is 2.14. The Bertz CT molecular complexity index is 382. The molecule has 1 atom stereocenters. The number of methoxy groups -OCH3 is 1. The number of phenolic OH excluding ortho intramolecular Hbond substituents is 1. The third kappa shape index (κ3) is 3.51. The molecule has 1 N–H and O–H groups in total. The SMILES string of the molecule is CCC(C)N(C)Cc1cc(Cl)cc(OC)c1O. The Morgan fingerprint density at radius 2 is 2.12 bits per heavy atom. The third-order valence-electron chi connectivity index (χ3n) is 3.10. The van der Waals surface area contributed by atoms with Crippen LogP contribution in [0.2, 0.25) is 5.02 Å². The highest BCUT2D eigenvalue weighted by molar-refractivity contribution is 6.30. The number of hydrogen-bond acceptors (Lipinski definition) is 3. The summed E-state index contributed by atoms with van der Waals surface area (Å²) in [6.45, 7) is 4.94. The third-order valence-corrected chi connectivity index (χ3v) is 3.32. The van der Waals surface area contributed by atoms with E-state index in [0.717, 1.165) is 12.0 Å². The smallest absolute Gasteiger partial charge is 0.162 e. The van der Waals surface area contributed by atoms with Crippen molar-refractivity contribution < 1.29 is 9.84 Å². The van der Waals surface area contributed by atoms with Gasteiger partial charge in [0.15, 0.2) is 11.5 Å². The summed E-state index contributed by atoms with van der Waals surface area (Å²) in [5, 5.41) is 10.6. The van der Waals surface area contributed by atoms with E-state index in [1.807, 2.05) is 7.05 Å². The molecular weight excluding hydrogens is 238 g/mol. The summed E-state index contributed by atoms with van der Waals surface area (Å²) in [6, 6.07) is 3.85. The molecule has 0 aliphatic heterocycles. The summed E-state index contributed by atoms with van der Waals surface area (Å²) >= 11 is 5.99. The molecule has 3 nitrogen and oxygen atoms in total. The number of aromatic hydroxyl groups is 1. The van der Waals surface area contributed by atoms with Crippen LogP contribution in [0.15, 0.2) is 12.1 Å². The van der Waals surface area contributed by atoms with Crippen molar-refractivity contribution in [1.29, 1.82) is 0 Å². The maximum absolute atomic E-state index is 10.0. The lowest BCUT2D eigenvalue weighted by molar-refractivity contribution is 0.240. The summed E-state index contributed by atoms with van der Waals surface area (Å²) in [4.78, 5) is 2.17. The Labute approximate surface area is 108 Å². The lowest BCUT2D eigenvalue weighted by Gasteiger charge is -2.24. The number of phenols is 1. The molecule has 4 heteroatoms. The zero-order valence-electron chi connectivity index (χ0n) is 10.8. The molecule has 0 aromatic heterocycles. The van der Waals surface area contributed by atoms with Crippen molar-refractivity contribution in [2.75, 3.05) is 14.2 Å². The van der Waals surface area contributed by atoms with Crippen LogP contribution in [0.3, 0.4) is 0 Å². The van der Waals surface area contributed by atoms with Gasteiger partial charge in [-0.25, -0.2) is 0 Å². The van der Waals surface area contributed by atoms with Crippen LogP contribution in [-0.2, 0) is 6.54 Å². The second-order valence-corrected chi connectivity index (χ2v) is 4.72. The van der Waals surface area contributed by atoms with E-state index in [4.69, 9.17) is 16.3 Å². The second-order valence-electron chi connectivity index (χ2n) is 4.29. The molecule has 0 saturated heterocycles. The first kappa shape index (κ1) is 14.1. The van der Waals surface area contributed by atoms with Gasteiger partial charge in [-0.3, -0.25) is 4.90 Å². The van der Waals surface area contributed by atoms with Crippen molar-refractivity contribution in [2.45, 2.75) is 32.9 Å². The Morgan fingerprint density at radius 1 is 1.47 bits per heavy atom. The molecular formula is C13H20ClNO2. The summed E-state index contributed by atoms with van der Waals surface area (Å²) in [5.41, 5.74) is 0.789. The summed E-state index contributed by atoms with van der Waals surface area (Å²) in [6.07, 6.45) is 1.06. The summed E-state index contributed by atoms with van der Waals surface area (Å²) < 4.78 is 5.08. The Hall–Kier alpha value is -0.930. The zero-order chi connectivity index (χ0) is 13.0.